The molecular weight excluding hydrogens is 297 g/mol. The fourth-order valence-corrected chi connectivity index (χ4v) is 1.53. The Hall–Kier alpha value is -2.45. The number of hydrogen-bond donors (Lipinski definition) is 1. The number of carbonyl (C=O) groups is 1. The summed E-state index contributed by atoms with van der Waals surface area (Å²) in [6.45, 7) is -0.535. The number of aromatic nitrogens is 2. The van der Waals surface area contributed by atoms with Gasteiger partial charge in [-0.05, 0) is 18.2 Å². The molecule has 0 atom stereocenters. The van der Waals surface area contributed by atoms with Gasteiger partial charge in [-0.2, -0.15) is 18.3 Å². The molecule has 4 nitrogen and oxygen atoms in total. The van der Waals surface area contributed by atoms with Gasteiger partial charge in [0.25, 0.3) is 0 Å². The molecule has 0 fully saturated rings. The van der Waals surface area contributed by atoms with Gasteiger partial charge in [0.1, 0.15) is 18.2 Å². The molecule has 0 aliphatic carbocycles. The predicted molar refractivity (Wildman–Crippen MR) is 62.2 cm³/mol. The lowest BCUT2D eigenvalue weighted by Crippen LogP contribution is -2.20. The Morgan fingerprint density at radius 2 is 1.95 bits per heavy atom. The molecule has 1 heterocycles. The van der Waals surface area contributed by atoms with E-state index < -0.39 is 36.0 Å². The SMILES string of the molecule is O=C(Cn1ccc(C(F)(F)F)n1)Nc1ccc(F)cc1F. The predicted octanol–water partition coefficient (Wildman–Crippen LogP) is 2.82. The molecule has 2 aromatic rings. The molecule has 2 rings (SSSR count). The average Bonchev–Trinajstić information content (AvgIpc) is 2.81. The van der Waals surface area contributed by atoms with Crippen molar-refractivity contribution in [3.8, 4) is 0 Å². The van der Waals surface area contributed by atoms with Crippen molar-refractivity contribution < 1.29 is 26.7 Å². The molecule has 0 aliphatic heterocycles. The Kier molecular flexibility index (Phi) is 3.92. The number of benzene rings is 1. The number of nitrogens with zero attached hydrogens (tertiary/aromatic N) is 2. The highest BCUT2D eigenvalue weighted by Gasteiger charge is 2.33. The van der Waals surface area contributed by atoms with Crippen LogP contribution in [0.1, 0.15) is 5.69 Å². The topological polar surface area (TPSA) is 46.9 Å². The van der Waals surface area contributed by atoms with Gasteiger partial charge in [-0.15, -0.1) is 0 Å². The Balaban J connectivity index is 2.03. The fourth-order valence-electron chi connectivity index (χ4n) is 1.53. The zero-order valence-corrected chi connectivity index (χ0v) is 10.3. The zero-order chi connectivity index (χ0) is 15.6. The van der Waals surface area contributed by atoms with Crippen LogP contribution in [-0.2, 0) is 17.5 Å². The summed E-state index contributed by atoms with van der Waals surface area (Å²) in [5, 5.41) is 5.29. The third kappa shape index (κ3) is 3.77. The van der Waals surface area contributed by atoms with Crippen LogP contribution in [-0.4, -0.2) is 15.7 Å². The Morgan fingerprint density at radius 3 is 2.52 bits per heavy atom. The number of nitrogens with one attached hydrogen (secondary N) is 1. The molecule has 9 heteroatoms. The van der Waals surface area contributed by atoms with Gasteiger partial charge in [-0.3, -0.25) is 9.48 Å². The summed E-state index contributed by atoms with van der Waals surface area (Å²) >= 11 is 0. The highest BCUT2D eigenvalue weighted by molar-refractivity contribution is 5.90. The maximum atomic E-state index is 13.3. The van der Waals surface area contributed by atoms with E-state index in [1.165, 1.54) is 0 Å². The minimum Gasteiger partial charge on any atom is -0.322 e. The standard InChI is InChI=1S/C12H8F5N3O/c13-7-1-2-9(8(14)5-7)18-11(21)6-20-4-3-10(19-20)12(15,16)17/h1-5H,6H2,(H,18,21). The Bertz CT molecular complexity index is 665. The van der Waals surface area contributed by atoms with Crippen LogP contribution in [0.4, 0.5) is 27.6 Å². The molecule has 0 bridgehead atoms. The molecule has 0 unspecified atom stereocenters. The van der Waals surface area contributed by atoms with Crippen molar-refractivity contribution in [1.82, 2.24) is 9.78 Å². The fraction of sp³-hybridized carbons (Fsp3) is 0.167. The number of carbonyl (C=O) groups excluding carboxylic acids is 1. The molecule has 21 heavy (non-hydrogen) atoms. The van der Waals surface area contributed by atoms with Gasteiger partial charge in [0.2, 0.25) is 5.91 Å². The second kappa shape index (κ2) is 5.51. The van der Waals surface area contributed by atoms with Gasteiger partial charge >= 0.3 is 6.18 Å². The number of alkyl halides is 3. The number of anilines is 1. The summed E-state index contributed by atoms with van der Waals surface area (Å²) in [5.41, 5.74) is -1.41. The smallest absolute Gasteiger partial charge is 0.322 e. The lowest BCUT2D eigenvalue weighted by Gasteiger charge is -2.06. The van der Waals surface area contributed by atoms with E-state index in [2.05, 4.69) is 10.4 Å². The Labute approximate surface area is 115 Å². The van der Waals surface area contributed by atoms with E-state index in [0.29, 0.717) is 12.1 Å². The largest absolute Gasteiger partial charge is 0.435 e. The van der Waals surface area contributed by atoms with Crippen molar-refractivity contribution in [3.63, 3.8) is 0 Å². The second-order valence-corrected chi connectivity index (χ2v) is 4.07. The van der Waals surface area contributed by atoms with Crippen LogP contribution in [0.15, 0.2) is 30.5 Å². The van der Waals surface area contributed by atoms with Crippen LogP contribution >= 0.6 is 0 Å². The molecule has 0 spiro atoms. The first-order valence-electron chi connectivity index (χ1n) is 5.61. The van der Waals surface area contributed by atoms with E-state index in [0.717, 1.165) is 23.0 Å². The van der Waals surface area contributed by atoms with Gasteiger partial charge in [0, 0.05) is 12.3 Å². The lowest BCUT2D eigenvalue weighted by molar-refractivity contribution is -0.141. The quantitative estimate of drug-likeness (QED) is 0.886. The van der Waals surface area contributed by atoms with Crippen LogP contribution < -0.4 is 5.32 Å². The highest BCUT2D eigenvalue weighted by atomic mass is 19.4. The zero-order valence-electron chi connectivity index (χ0n) is 10.3. The number of halogens is 5. The Morgan fingerprint density at radius 1 is 1.24 bits per heavy atom. The van der Waals surface area contributed by atoms with E-state index in [-0.39, 0.29) is 5.69 Å². The van der Waals surface area contributed by atoms with Crippen LogP contribution in [0.25, 0.3) is 0 Å². The van der Waals surface area contributed by atoms with E-state index in [1.54, 1.807) is 0 Å². The van der Waals surface area contributed by atoms with Crippen molar-refractivity contribution >= 4 is 11.6 Å². The molecule has 1 N–H and O–H groups in total. The summed E-state index contributed by atoms with van der Waals surface area (Å²) in [6, 6.07) is 3.23. The summed E-state index contributed by atoms with van der Waals surface area (Å²) in [7, 11) is 0. The highest BCUT2D eigenvalue weighted by Crippen LogP contribution is 2.27. The van der Waals surface area contributed by atoms with E-state index in [9.17, 15) is 26.7 Å². The van der Waals surface area contributed by atoms with Gasteiger partial charge in [0.15, 0.2) is 5.69 Å². The normalized spacial score (nSPS) is 11.5. The van der Waals surface area contributed by atoms with Gasteiger partial charge < -0.3 is 5.32 Å². The van der Waals surface area contributed by atoms with Crippen molar-refractivity contribution in [3.05, 3.63) is 47.8 Å². The van der Waals surface area contributed by atoms with Crippen molar-refractivity contribution in [2.45, 2.75) is 12.7 Å². The molecule has 1 amide bonds. The summed E-state index contributed by atoms with van der Waals surface area (Å²) in [5.74, 6) is -2.59. The first kappa shape index (κ1) is 14.9. The van der Waals surface area contributed by atoms with Crippen molar-refractivity contribution in [1.29, 1.82) is 0 Å². The van der Waals surface area contributed by atoms with Crippen LogP contribution in [0.5, 0.6) is 0 Å². The second-order valence-electron chi connectivity index (χ2n) is 4.07. The van der Waals surface area contributed by atoms with Gasteiger partial charge in [-0.1, -0.05) is 0 Å². The first-order valence-corrected chi connectivity index (χ1v) is 5.61. The molecule has 0 aliphatic rings. The van der Waals surface area contributed by atoms with E-state index in [4.69, 9.17) is 0 Å². The first-order chi connectivity index (χ1) is 9.75. The molecule has 1 aromatic heterocycles. The monoisotopic (exact) mass is 305 g/mol. The molecule has 0 saturated carbocycles. The molecule has 1 aromatic carbocycles. The average molecular weight is 305 g/mol. The van der Waals surface area contributed by atoms with Crippen molar-refractivity contribution in [2.24, 2.45) is 0 Å². The van der Waals surface area contributed by atoms with E-state index in [1.807, 2.05) is 0 Å². The maximum absolute atomic E-state index is 13.3. The number of rotatable bonds is 3. The van der Waals surface area contributed by atoms with Crippen LogP contribution in [0.3, 0.4) is 0 Å². The third-order valence-electron chi connectivity index (χ3n) is 2.44. The molecule has 0 saturated heterocycles. The molecule has 0 radical (unpaired) electrons. The number of hydrogen-bond acceptors (Lipinski definition) is 2. The minimum atomic E-state index is -4.61. The van der Waals surface area contributed by atoms with E-state index >= 15 is 0 Å². The van der Waals surface area contributed by atoms with Gasteiger partial charge in [-0.25, -0.2) is 8.78 Å². The van der Waals surface area contributed by atoms with Crippen molar-refractivity contribution in [2.75, 3.05) is 5.32 Å². The summed E-state index contributed by atoms with van der Waals surface area (Å²) < 4.78 is 63.7. The molecular formula is C12H8F5N3O. The minimum absolute atomic E-state index is 0.274. The van der Waals surface area contributed by atoms with Crippen LogP contribution in [0.2, 0.25) is 0 Å². The van der Waals surface area contributed by atoms with Gasteiger partial charge in [0.05, 0.1) is 5.69 Å². The summed E-state index contributed by atoms with van der Waals surface area (Å²) in [6.07, 6.45) is -3.63. The van der Waals surface area contributed by atoms with Crippen LogP contribution in [0, 0.1) is 11.6 Å². The number of amides is 1. The maximum Gasteiger partial charge on any atom is 0.435 e. The molecule has 112 valence electrons. The summed E-state index contributed by atoms with van der Waals surface area (Å²) in [4.78, 5) is 11.6. The lowest BCUT2D eigenvalue weighted by atomic mass is 10.3. The third-order valence-corrected chi connectivity index (χ3v) is 2.44.